The molecule has 1 heterocycles. The molecule has 7 nitrogen and oxygen atoms in total. The average Bonchev–Trinajstić information content (AvgIpc) is 2.67. The van der Waals surface area contributed by atoms with Crippen molar-refractivity contribution in [3.63, 3.8) is 0 Å². The lowest BCUT2D eigenvalue weighted by Crippen LogP contribution is -2.53. The minimum absolute atomic E-state index is 0.198. The Morgan fingerprint density at radius 2 is 2.53 bits per heavy atom. The Kier molecular flexibility index (Phi) is 4.36. The van der Waals surface area contributed by atoms with Crippen LogP contribution in [0.5, 0.6) is 0 Å². The molecule has 0 aromatic rings. The van der Waals surface area contributed by atoms with E-state index in [0.717, 1.165) is 0 Å². The third kappa shape index (κ3) is 3.09. The molecule has 15 heavy (non-hydrogen) atoms. The Bertz CT molecular complexity index is 269. The third-order valence-corrected chi connectivity index (χ3v) is 2.39. The van der Waals surface area contributed by atoms with Gasteiger partial charge in [-0.2, -0.15) is 0 Å². The summed E-state index contributed by atoms with van der Waals surface area (Å²) in [5.41, 5.74) is 7.09. The number of carboxylic acid groups (broad SMARTS) is 1. The van der Waals surface area contributed by atoms with Gasteiger partial charge in [0, 0.05) is 24.5 Å². The van der Waals surface area contributed by atoms with Crippen LogP contribution in [-0.4, -0.2) is 42.9 Å². The lowest BCUT2D eigenvalue weighted by Gasteiger charge is -2.23. The maximum absolute atomic E-state index is 11.0. The largest absolute Gasteiger partial charge is 0.480 e. The standard InChI is InChI=1S/C8H14N4O3/c9-12-11-4-1-3-10-8(7(13)14)2-5-15-6-8/h10H,1-6H2,(H,13,14). The molecular formula is C8H14N4O3. The summed E-state index contributed by atoms with van der Waals surface area (Å²) >= 11 is 0. The number of nitrogens with one attached hydrogen (secondary N) is 1. The molecule has 7 heteroatoms. The van der Waals surface area contributed by atoms with Gasteiger partial charge in [-0.1, -0.05) is 5.11 Å². The molecule has 0 spiro atoms. The van der Waals surface area contributed by atoms with Gasteiger partial charge in [-0.05, 0) is 18.5 Å². The van der Waals surface area contributed by atoms with Crippen LogP contribution in [0, 0.1) is 0 Å². The van der Waals surface area contributed by atoms with Gasteiger partial charge in [-0.3, -0.25) is 10.1 Å². The third-order valence-electron chi connectivity index (χ3n) is 2.39. The van der Waals surface area contributed by atoms with Gasteiger partial charge >= 0.3 is 5.97 Å². The molecule has 1 aliphatic heterocycles. The zero-order chi connectivity index (χ0) is 11.1. The van der Waals surface area contributed by atoms with Crippen LogP contribution in [-0.2, 0) is 9.53 Å². The van der Waals surface area contributed by atoms with E-state index in [4.69, 9.17) is 15.4 Å². The van der Waals surface area contributed by atoms with Gasteiger partial charge in [0.05, 0.1) is 6.61 Å². The number of rotatable bonds is 6. The van der Waals surface area contributed by atoms with Crippen molar-refractivity contribution in [1.82, 2.24) is 5.32 Å². The lowest BCUT2D eigenvalue weighted by atomic mass is 9.99. The summed E-state index contributed by atoms with van der Waals surface area (Å²) in [5, 5.41) is 15.4. The van der Waals surface area contributed by atoms with E-state index in [9.17, 15) is 4.79 Å². The highest BCUT2D eigenvalue weighted by atomic mass is 16.5. The average molecular weight is 214 g/mol. The molecule has 0 aliphatic carbocycles. The number of hydrogen-bond donors (Lipinski definition) is 2. The van der Waals surface area contributed by atoms with Crippen LogP contribution in [0.1, 0.15) is 12.8 Å². The van der Waals surface area contributed by atoms with Crippen molar-refractivity contribution in [2.24, 2.45) is 5.11 Å². The van der Waals surface area contributed by atoms with Crippen molar-refractivity contribution >= 4 is 5.97 Å². The van der Waals surface area contributed by atoms with Crippen LogP contribution in [0.15, 0.2) is 5.11 Å². The number of aliphatic carboxylic acids is 1. The van der Waals surface area contributed by atoms with E-state index in [1.165, 1.54) is 0 Å². The fourth-order valence-corrected chi connectivity index (χ4v) is 1.47. The summed E-state index contributed by atoms with van der Waals surface area (Å²) < 4.78 is 5.07. The van der Waals surface area contributed by atoms with Gasteiger partial charge in [-0.15, -0.1) is 0 Å². The molecule has 1 fully saturated rings. The summed E-state index contributed by atoms with van der Waals surface area (Å²) in [6.45, 7) is 1.55. The number of nitrogens with zero attached hydrogens (tertiary/aromatic N) is 3. The predicted molar refractivity (Wildman–Crippen MR) is 52.4 cm³/mol. The summed E-state index contributed by atoms with van der Waals surface area (Å²) in [5.74, 6) is -0.885. The smallest absolute Gasteiger partial charge is 0.326 e. The molecule has 0 aromatic heterocycles. The molecule has 0 amide bonds. The van der Waals surface area contributed by atoms with Crippen LogP contribution in [0.3, 0.4) is 0 Å². The van der Waals surface area contributed by atoms with Gasteiger partial charge in [0.25, 0.3) is 0 Å². The SMILES string of the molecule is [N-]=[N+]=NCCCNC1(C(=O)O)CCOC1. The minimum atomic E-state index is -0.948. The Morgan fingerprint density at radius 3 is 3.07 bits per heavy atom. The first kappa shape index (κ1) is 11.8. The van der Waals surface area contributed by atoms with Crippen LogP contribution in [0.2, 0.25) is 0 Å². The van der Waals surface area contributed by atoms with E-state index in [-0.39, 0.29) is 6.61 Å². The maximum Gasteiger partial charge on any atom is 0.326 e. The van der Waals surface area contributed by atoms with Gasteiger partial charge < -0.3 is 9.84 Å². The first-order valence-corrected chi connectivity index (χ1v) is 4.78. The molecule has 0 bridgehead atoms. The summed E-state index contributed by atoms with van der Waals surface area (Å²) in [4.78, 5) is 13.6. The van der Waals surface area contributed by atoms with Crippen LogP contribution >= 0.6 is 0 Å². The molecular weight excluding hydrogens is 200 g/mol. The highest BCUT2D eigenvalue weighted by molar-refractivity contribution is 5.79. The Labute approximate surface area is 87.0 Å². The zero-order valence-corrected chi connectivity index (χ0v) is 8.35. The fourth-order valence-electron chi connectivity index (χ4n) is 1.47. The van der Waals surface area contributed by atoms with Gasteiger partial charge in [0.15, 0.2) is 0 Å². The van der Waals surface area contributed by atoms with E-state index < -0.39 is 11.5 Å². The first-order valence-electron chi connectivity index (χ1n) is 4.78. The Morgan fingerprint density at radius 1 is 1.73 bits per heavy atom. The molecule has 84 valence electrons. The summed E-state index contributed by atoms with van der Waals surface area (Å²) in [7, 11) is 0. The lowest BCUT2D eigenvalue weighted by molar-refractivity contribution is -0.144. The molecule has 2 N–H and O–H groups in total. The number of carbonyl (C=O) groups is 1. The Balaban J connectivity index is 2.33. The molecule has 1 saturated heterocycles. The number of azide groups is 1. The second-order valence-electron chi connectivity index (χ2n) is 3.42. The quantitative estimate of drug-likeness (QED) is 0.291. The van der Waals surface area contributed by atoms with E-state index in [0.29, 0.717) is 32.5 Å². The van der Waals surface area contributed by atoms with Crippen LogP contribution < -0.4 is 5.32 Å². The highest BCUT2D eigenvalue weighted by Gasteiger charge is 2.41. The van der Waals surface area contributed by atoms with E-state index in [2.05, 4.69) is 15.3 Å². The molecule has 1 rings (SSSR count). The highest BCUT2D eigenvalue weighted by Crippen LogP contribution is 2.18. The van der Waals surface area contributed by atoms with Gasteiger partial charge in [0.2, 0.25) is 0 Å². The summed E-state index contributed by atoms with van der Waals surface area (Å²) in [6.07, 6.45) is 1.10. The molecule has 1 unspecified atom stereocenters. The normalized spacial score (nSPS) is 24.8. The number of carboxylic acids is 1. The predicted octanol–water partition coefficient (Wildman–Crippen LogP) is 0.520. The van der Waals surface area contributed by atoms with Crippen molar-refractivity contribution in [1.29, 1.82) is 0 Å². The second kappa shape index (κ2) is 5.55. The number of hydrogen-bond acceptors (Lipinski definition) is 4. The second-order valence-corrected chi connectivity index (χ2v) is 3.42. The van der Waals surface area contributed by atoms with Crippen molar-refractivity contribution in [2.45, 2.75) is 18.4 Å². The Hall–Kier alpha value is -1.30. The van der Waals surface area contributed by atoms with Gasteiger partial charge in [0.1, 0.15) is 5.54 Å². The van der Waals surface area contributed by atoms with Crippen molar-refractivity contribution < 1.29 is 14.6 Å². The molecule has 0 saturated carbocycles. The van der Waals surface area contributed by atoms with Crippen LogP contribution in [0.4, 0.5) is 0 Å². The summed E-state index contributed by atoms with van der Waals surface area (Å²) in [6, 6.07) is 0. The molecule has 0 aromatic carbocycles. The van der Waals surface area contributed by atoms with E-state index in [1.807, 2.05) is 0 Å². The van der Waals surface area contributed by atoms with Crippen molar-refractivity contribution in [3.05, 3.63) is 10.4 Å². The number of ether oxygens (including phenoxy) is 1. The van der Waals surface area contributed by atoms with Crippen molar-refractivity contribution in [3.8, 4) is 0 Å². The topological polar surface area (TPSA) is 107 Å². The minimum Gasteiger partial charge on any atom is -0.480 e. The molecule has 1 atom stereocenters. The molecule has 1 aliphatic rings. The van der Waals surface area contributed by atoms with Gasteiger partial charge in [-0.25, -0.2) is 0 Å². The van der Waals surface area contributed by atoms with E-state index in [1.54, 1.807) is 0 Å². The monoisotopic (exact) mass is 214 g/mol. The molecule has 0 radical (unpaired) electrons. The first-order chi connectivity index (χ1) is 7.21. The van der Waals surface area contributed by atoms with E-state index >= 15 is 0 Å². The zero-order valence-electron chi connectivity index (χ0n) is 8.35. The fraction of sp³-hybridized carbons (Fsp3) is 0.875. The maximum atomic E-state index is 11.0. The van der Waals surface area contributed by atoms with Crippen molar-refractivity contribution in [2.75, 3.05) is 26.3 Å². The van der Waals surface area contributed by atoms with Crippen LogP contribution in [0.25, 0.3) is 10.4 Å².